The molecule has 15 heavy (non-hydrogen) atoms. The van der Waals surface area contributed by atoms with E-state index in [9.17, 15) is 14.7 Å². The zero-order chi connectivity index (χ0) is 11.5. The maximum atomic E-state index is 11.6. The molecule has 1 unspecified atom stereocenters. The van der Waals surface area contributed by atoms with Crippen molar-refractivity contribution in [2.24, 2.45) is 5.92 Å². The molecule has 1 fully saturated rings. The number of rotatable bonds is 3. The zero-order valence-electron chi connectivity index (χ0n) is 9.28. The van der Waals surface area contributed by atoms with Crippen LogP contribution in [-0.4, -0.2) is 29.1 Å². The topological polar surface area (TPSA) is 63.6 Å². The van der Waals surface area contributed by atoms with Crippen LogP contribution in [0.1, 0.15) is 39.5 Å². The summed E-state index contributed by atoms with van der Waals surface area (Å²) in [5, 5.41) is 10.0. The van der Waals surface area contributed by atoms with E-state index in [0.717, 1.165) is 12.8 Å². The number of hydrogen-bond donors (Lipinski definition) is 1. The Kier molecular flexibility index (Phi) is 3.85. The highest BCUT2D eigenvalue weighted by Gasteiger charge is 2.45. The van der Waals surface area contributed by atoms with Gasteiger partial charge in [-0.05, 0) is 26.7 Å². The number of carbonyl (C=O) groups excluding carboxylic acids is 2. The number of Topliss-reactive ketones (excluding diaryl/α,β-unsaturated/α-hetero) is 1. The summed E-state index contributed by atoms with van der Waals surface area (Å²) in [4.78, 5) is 23.1. The molecule has 0 aromatic heterocycles. The number of esters is 1. The Morgan fingerprint density at radius 3 is 2.80 bits per heavy atom. The molecule has 86 valence electrons. The Labute approximate surface area is 89.6 Å². The maximum Gasteiger partial charge on any atom is 0.338 e. The Balaban J connectivity index is 2.74. The SMILES string of the molecule is CCOC(=O)[C@@](C)(O)C1CCCCC1=O. The maximum absolute atomic E-state index is 11.6. The van der Waals surface area contributed by atoms with Crippen LogP contribution in [0.15, 0.2) is 0 Å². The van der Waals surface area contributed by atoms with Crippen molar-refractivity contribution in [1.82, 2.24) is 0 Å². The molecule has 1 aliphatic rings. The van der Waals surface area contributed by atoms with E-state index in [1.165, 1.54) is 6.92 Å². The predicted octanol–water partition coefficient (Wildman–Crippen LogP) is 1.06. The first-order chi connectivity index (χ1) is 7.00. The highest BCUT2D eigenvalue weighted by Crippen LogP contribution is 2.30. The summed E-state index contributed by atoms with van der Waals surface area (Å²) in [6, 6.07) is 0. The van der Waals surface area contributed by atoms with Gasteiger partial charge in [-0.15, -0.1) is 0 Å². The van der Waals surface area contributed by atoms with Crippen LogP contribution in [-0.2, 0) is 14.3 Å². The number of aliphatic hydroxyl groups is 1. The van der Waals surface area contributed by atoms with E-state index in [-0.39, 0.29) is 12.4 Å². The van der Waals surface area contributed by atoms with Crippen LogP contribution < -0.4 is 0 Å². The second-order valence-electron chi connectivity index (χ2n) is 4.13. The first-order valence-corrected chi connectivity index (χ1v) is 5.42. The molecule has 2 atom stereocenters. The standard InChI is InChI=1S/C11H18O4/c1-3-15-10(13)11(2,14)8-6-4-5-7-9(8)12/h8,14H,3-7H2,1-2H3/t8?,11-/m0/s1. The van der Waals surface area contributed by atoms with Gasteiger partial charge in [0.15, 0.2) is 5.60 Å². The van der Waals surface area contributed by atoms with Crippen LogP contribution in [0.3, 0.4) is 0 Å². The highest BCUT2D eigenvalue weighted by atomic mass is 16.5. The van der Waals surface area contributed by atoms with Gasteiger partial charge in [0, 0.05) is 6.42 Å². The number of ketones is 1. The van der Waals surface area contributed by atoms with E-state index in [1.54, 1.807) is 6.92 Å². The largest absolute Gasteiger partial charge is 0.464 e. The van der Waals surface area contributed by atoms with Gasteiger partial charge in [-0.3, -0.25) is 4.79 Å². The summed E-state index contributed by atoms with van der Waals surface area (Å²) in [5.41, 5.74) is -1.66. The van der Waals surface area contributed by atoms with E-state index < -0.39 is 17.5 Å². The fourth-order valence-corrected chi connectivity index (χ4v) is 2.00. The molecule has 0 heterocycles. The fourth-order valence-electron chi connectivity index (χ4n) is 2.00. The van der Waals surface area contributed by atoms with E-state index in [4.69, 9.17) is 4.74 Å². The van der Waals surface area contributed by atoms with Gasteiger partial charge in [0.25, 0.3) is 0 Å². The summed E-state index contributed by atoms with van der Waals surface area (Å²) in [6.07, 6.45) is 2.77. The van der Waals surface area contributed by atoms with Crippen molar-refractivity contribution >= 4 is 11.8 Å². The lowest BCUT2D eigenvalue weighted by atomic mass is 9.77. The zero-order valence-corrected chi connectivity index (χ0v) is 9.28. The molecular formula is C11H18O4. The molecule has 0 aromatic rings. The first kappa shape index (κ1) is 12.2. The molecule has 4 nitrogen and oxygen atoms in total. The van der Waals surface area contributed by atoms with Gasteiger partial charge in [0.05, 0.1) is 12.5 Å². The Morgan fingerprint density at radius 1 is 1.60 bits per heavy atom. The van der Waals surface area contributed by atoms with Crippen molar-refractivity contribution in [2.75, 3.05) is 6.61 Å². The average Bonchev–Trinajstić information content (AvgIpc) is 2.18. The van der Waals surface area contributed by atoms with Crippen molar-refractivity contribution in [1.29, 1.82) is 0 Å². The molecule has 1 rings (SSSR count). The number of hydrogen-bond acceptors (Lipinski definition) is 4. The molecular weight excluding hydrogens is 196 g/mol. The monoisotopic (exact) mass is 214 g/mol. The van der Waals surface area contributed by atoms with Gasteiger partial charge in [0.1, 0.15) is 5.78 Å². The molecule has 0 spiro atoms. The lowest BCUT2D eigenvalue weighted by Crippen LogP contribution is -2.48. The Bertz CT molecular complexity index is 257. The third kappa shape index (κ3) is 2.56. The minimum absolute atomic E-state index is 0.0284. The van der Waals surface area contributed by atoms with Crippen LogP contribution in [0, 0.1) is 5.92 Å². The van der Waals surface area contributed by atoms with Gasteiger partial charge in [-0.2, -0.15) is 0 Å². The lowest BCUT2D eigenvalue weighted by Gasteiger charge is -2.32. The van der Waals surface area contributed by atoms with Gasteiger partial charge < -0.3 is 9.84 Å². The van der Waals surface area contributed by atoms with E-state index in [0.29, 0.717) is 12.8 Å². The van der Waals surface area contributed by atoms with Crippen LogP contribution in [0.25, 0.3) is 0 Å². The molecule has 4 heteroatoms. The summed E-state index contributed by atoms with van der Waals surface area (Å²) in [7, 11) is 0. The molecule has 0 aromatic carbocycles. The van der Waals surface area contributed by atoms with Gasteiger partial charge in [0.2, 0.25) is 0 Å². The van der Waals surface area contributed by atoms with Crippen molar-refractivity contribution < 1.29 is 19.4 Å². The molecule has 1 saturated carbocycles. The normalized spacial score (nSPS) is 25.8. The van der Waals surface area contributed by atoms with Crippen molar-refractivity contribution in [3.63, 3.8) is 0 Å². The lowest BCUT2D eigenvalue weighted by molar-refractivity contribution is -0.172. The molecule has 0 bridgehead atoms. The summed E-state index contributed by atoms with van der Waals surface area (Å²) < 4.78 is 4.77. The van der Waals surface area contributed by atoms with Crippen LogP contribution >= 0.6 is 0 Å². The Morgan fingerprint density at radius 2 is 2.27 bits per heavy atom. The van der Waals surface area contributed by atoms with Gasteiger partial charge in [-0.1, -0.05) is 6.42 Å². The van der Waals surface area contributed by atoms with Crippen LogP contribution in [0.2, 0.25) is 0 Å². The summed E-state index contributed by atoms with van der Waals surface area (Å²) in [6.45, 7) is 3.27. The Hall–Kier alpha value is -0.900. The van der Waals surface area contributed by atoms with Crippen molar-refractivity contribution in [3.8, 4) is 0 Å². The van der Waals surface area contributed by atoms with Crippen LogP contribution in [0.4, 0.5) is 0 Å². The minimum Gasteiger partial charge on any atom is -0.464 e. The molecule has 0 radical (unpaired) electrons. The predicted molar refractivity (Wildman–Crippen MR) is 54.2 cm³/mol. The minimum atomic E-state index is -1.66. The smallest absolute Gasteiger partial charge is 0.338 e. The summed E-state index contributed by atoms with van der Waals surface area (Å²) >= 11 is 0. The van der Waals surface area contributed by atoms with Crippen molar-refractivity contribution in [3.05, 3.63) is 0 Å². The third-order valence-corrected chi connectivity index (χ3v) is 2.92. The number of carbonyl (C=O) groups is 2. The van der Waals surface area contributed by atoms with Gasteiger partial charge >= 0.3 is 5.97 Å². The molecule has 1 aliphatic carbocycles. The van der Waals surface area contributed by atoms with Gasteiger partial charge in [-0.25, -0.2) is 4.79 Å². The third-order valence-electron chi connectivity index (χ3n) is 2.92. The molecule has 1 N–H and O–H groups in total. The average molecular weight is 214 g/mol. The van der Waals surface area contributed by atoms with Crippen molar-refractivity contribution in [2.45, 2.75) is 45.1 Å². The second kappa shape index (κ2) is 4.75. The van der Waals surface area contributed by atoms with E-state index in [2.05, 4.69) is 0 Å². The number of ether oxygens (including phenoxy) is 1. The molecule has 0 saturated heterocycles. The van der Waals surface area contributed by atoms with E-state index in [1.807, 2.05) is 0 Å². The second-order valence-corrected chi connectivity index (χ2v) is 4.13. The molecule has 0 aliphatic heterocycles. The first-order valence-electron chi connectivity index (χ1n) is 5.42. The van der Waals surface area contributed by atoms with E-state index >= 15 is 0 Å². The summed E-state index contributed by atoms with van der Waals surface area (Å²) in [5.74, 6) is -1.31. The van der Waals surface area contributed by atoms with Crippen LogP contribution in [0.5, 0.6) is 0 Å². The quantitative estimate of drug-likeness (QED) is 0.713. The molecule has 0 amide bonds. The highest BCUT2D eigenvalue weighted by molar-refractivity contribution is 5.91. The fraction of sp³-hybridized carbons (Fsp3) is 0.818.